The first-order chi connectivity index (χ1) is 10.6. The van der Waals surface area contributed by atoms with E-state index in [0.717, 1.165) is 5.56 Å². The van der Waals surface area contributed by atoms with Crippen molar-refractivity contribution in [1.29, 1.82) is 0 Å². The van der Waals surface area contributed by atoms with Crippen LogP contribution in [-0.2, 0) is 4.74 Å². The van der Waals surface area contributed by atoms with Gasteiger partial charge in [-0.15, -0.1) is 0 Å². The van der Waals surface area contributed by atoms with Crippen LogP contribution in [0.1, 0.15) is 29.3 Å². The number of esters is 1. The van der Waals surface area contributed by atoms with Crippen molar-refractivity contribution in [3.63, 3.8) is 0 Å². The van der Waals surface area contributed by atoms with Crippen LogP contribution in [0, 0.1) is 0 Å². The third-order valence-corrected chi connectivity index (χ3v) is 3.25. The van der Waals surface area contributed by atoms with Gasteiger partial charge in [0.25, 0.3) is 0 Å². The number of phenolic OH excluding ortho intramolecular Hbond substituents is 2. The molecule has 2 aromatic carbocycles. The number of rotatable bonds is 5. The lowest BCUT2D eigenvalue weighted by Gasteiger charge is -2.12. The van der Waals surface area contributed by atoms with Crippen LogP contribution < -0.4 is 0 Å². The van der Waals surface area contributed by atoms with Crippen molar-refractivity contribution in [2.24, 2.45) is 0 Å². The van der Waals surface area contributed by atoms with Crippen molar-refractivity contribution in [3.8, 4) is 22.6 Å². The predicted octanol–water partition coefficient (Wildman–Crippen LogP) is 3.97. The van der Waals surface area contributed by atoms with Crippen molar-refractivity contribution >= 4 is 12.0 Å². The maximum absolute atomic E-state index is 11.9. The van der Waals surface area contributed by atoms with E-state index in [-0.39, 0.29) is 29.2 Å². The average Bonchev–Trinajstić information content (AvgIpc) is 2.53. The molecule has 2 rings (SSSR count). The van der Waals surface area contributed by atoms with E-state index in [1.165, 1.54) is 12.1 Å². The summed E-state index contributed by atoms with van der Waals surface area (Å²) in [5.41, 5.74) is 1.77. The number of hydrogen-bond donors (Lipinski definition) is 2. The highest BCUT2D eigenvalue weighted by molar-refractivity contribution is 5.96. The van der Waals surface area contributed by atoms with Crippen molar-refractivity contribution in [2.45, 2.75) is 13.3 Å². The van der Waals surface area contributed by atoms with E-state index in [0.29, 0.717) is 12.0 Å². The minimum absolute atomic E-state index is 0.0362. The van der Waals surface area contributed by atoms with Crippen molar-refractivity contribution in [2.75, 3.05) is 6.61 Å². The normalized spacial score (nSPS) is 10.2. The van der Waals surface area contributed by atoms with E-state index in [4.69, 9.17) is 4.74 Å². The number of benzene rings is 2. The fraction of sp³-hybridized carbons (Fsp3) is 0.167. The fourth-order valence-electron chi connectivity index (χ4n) is 2.09. The summed E-state index contributed by atoms with van der Waals surface area (Å²) in [6.45, 7) is 5.84. The molecule has 0 saturated carbocycles. The Labute approximate surface area is 129 Å². The van der Waals surface area contributed by atoms with Gasteiger partial charge < -0.3 is 14.9 Å². The van der Waals surface area contributed by atoms with Crippen LogP contribution in [-0.4, -0.2) is 22.8 Å². The van der Waals surface area contributed by atoms with Gasteiger partial charge in [0.1, 0.15) is 17.1 Å². The van der Waals surface area contributed by atoms with Gasteiger partial charge in [-0.25, -0.2) is 4.79 Å². The van der Waals surface area contributed by atoms with Crippen molar-refractivity contribution < 1.29 is 19.7 Å². The number of carbonyl (C=O) groups excluding carboxylic acids is 1. The molecular formula is C18H18O4. The molecular weight excluding hydrogens is 280 g/mol. The third kappa shape index (κ3) is 3.11. The highest BCUT2D eigenvalue weighted by Crippen LogP contribution is 2.39. The molecule has 0 fully saturated rings. The number of phenols is 2. The van der Waals surface area contributed by atoms with Gasteiger partial charge >= 0.3 is 5.97 Å². The van der Waals surface area contributed by atoms with Gasteiger partial charge in [0.2, 0.25) is 0 Å². The number of hydrogen-bond acceptors (Lipinski definition) is 4. The van der Waals surface area contributed by atoms with Gasteiger partial charge in [-0.3, -0.25) is 0 Å². The molecule has 0 bridgehead atoms. The summed E-state index contributed by atoms with van der Waals surface area (Å²) in [5.74, 6) is -0.994. The van der Waals surface area contributed by atoms with E-state index in [1.807, 2.05) is 19.1 Å². The predicted molar refractivity (Wildman–Crippen MR) is 85.9 cm³/mol. The van der Waals surface area contributed by atoms with Crippen LogP contribution in [0.5, 0.6) is 11.5 Å². The Hall–Kier alpha value is -2.75. The molecule has 2 aromatic rings. The van der Waals surface area contributed by atoms with Crippen LogP contribution in [0.4, 0.5) is 0 Å². The number of ether oxygens (including phenoxy) is 1. The summed E-state index contributed by atoms with van der Waals surface area (Å²) in [4.78, 5) is 11.9. The zero-order chi connectivity index (χ0) is 16.1. The minimum atomic E-state index is -0.608. The maximum Gasteiger partial charge on any atom is 0.341 e. The Bertz CT molecular complexity index is 687. The minimum Gasteiger partial charge on any atom is -0.507 e. The van der Waals surface area contributed by atoms with Crippen LogP contribution in [0.3, 0.4) is 0 Å². The first kappa shape index (κ1) is 15.6. The Balaban J connectivity index is 2.46. The van der Waals surface area contributed by atoms with Crippen LogP contribution >= 0.6 is 0 Å². The molecule has 0 aromatic heterocycles. The van der Waals surface area contributed by atoms with Gasteiger partial charge in [0.15, 0.2) is 0 Å². The zero-order valence-electron chi connectivity index (χ0n) is 12.4. The molecule has 0 atom stereocenters. The Kier molecular flexibility index (Phi) is 4.84. The molecule has 2 N–H and O–H groups in total. The molecule has 4 nitrogen and oxygen atoms in total. The highest BCUT2D eigenvalue weighted by Gasteiger charge is 2.19. The second-order valence-electron chi connectivity index (χ2n) is 4.82. The molecule has 114 valence electrons. The van der Waals surface area contributed by atoms with Crippen LogP contribution in [0.2, 0.25) is 0 Å². The van der Waals surface area contributed by atoms with E-state index < -0.39 is 5.97 Å². The van der Waals surface area contributed by atoms with Crippen molar-refractivity contribution in [3.05, 3.63) is 54.1 Å². The fourth-order valence-corrected chi connectivity index (χ4v) is 2.09. The molecule has 0 aliphatic carbocycles. The van der Waals surface area contributed by atoms with E-state index in [2.05, 4.69) is 6.58 Å². The molecule has 0 amide bonds. The lowest BCUT2D eigenvalue weighted by molar-refractivity contribution is 0.0502. The summed E-state index contributed by atoms with van der Waals surface area (Å²) >= 11 is 0. The van der Waals surface area contributed by atoms with Gasteiger partial charge in [0.05, 0.1) is 12.2 Å². The topological polar surface area (TPSA) is 66.8 Å². The van der Waals surface area contributed by atoms with Gasteiger partial charge in [-0.2, -0.15) is 0 Å². The molecule has 0 heterocycles. The molecule has 0 saturated heterocycles. The smallest absolute Gasteiger partial charge is 0.341 e. The lowest BCUT2D eigenvalue weighted by atomic mass is 9.99. The lowest BCUT2D eigenvalue weighted by Crippen LogP contribution is -2.06. The van der Waals surface area contributed by atoms with Gasteiger partial charge in [-0.05, 0) is 29.7 Å². The second-order valence-corrected chi connectivity index (χ2v) is 4.82. The SMILES string of the molecule is C=Cc1ccc(-c2c(O)ccc(C(=O)OCCC)c2O)cc1. The standard InChI is InChI=1S/C18H18O4/c1-3-11-22-18(21)14-9-10-15(19)16(17(14)20)13-7-5-12(4-2)6-8-13/h4-10,19-20H,2-3,11H2,1H3. The van der Waals surface area contributed by atoms with Gasteiger partial charge in [0, 0.05) is 0 Å². The van der Waals surface area contributed by atoms with Crippen LogP contribution in [0.15, 0.2) is 43.0 Å². The monoisotopic (exact) mass is 298 g/mol. The van der Waals surface area contributed by atoms with E-state index in [9.17, 15) is 15.0 Å². The molecule has 0 aliphatic rings. The Morgan fingerprint density at radius 1 is 1.18 bits per heavy atom. The quantitative estimate of drug-likeness (QED) is 0.819. The molecule has 0 unspecified atom stereocenters. The highest BCUT2D eigenvalue weighted by atomic mass is 16.5. The average molecular weight is 298 g/mol. The molecule has 0 spiro atoms. The van der Waals surface area contributed by atoms with E-state index >= 15 is 0 Å². The molecule has 22 heavy (non-hydrogen) atoms. The second kappa shape index (κ2) is 6.80. The number of aromatic hydroxyl groups is 2. The number of carbonyl (C=O) groups is 1. The molecule has 0 radical (unpaired) electrons. The summed E-state index contributed by atoms with van der Waals surface area (Å²) in [5, 5.41) is 20.4. The molecule has 0 aliphatic heterocycles. The van der Waals surface area contributed by atoms with Gasteiger partial charge in [-0.1, -0.05) is 43.8 Å². The summed E-state index contributed by atoms with van der Waals surface area (Å²) in [6.07, 6.45) is 2.39. The first-order valence-corrected chi connectivity index (χ1v) is 7.03. The van der Waals surface area contributed by atoms with Crippen molar-refractivity contribution in [1.82, 2.24) is 0 Å². The largest absolute Gasteiger partial charge is 0.507 e. The third-order valence-electron chi connectivity index (χ3n) is 3.25. The summed E-state index contributed by atoms with van der Waals surface area (Å²) in [6, 6.07) is 9.83. The summed E-state index contributed by atoms with van der Waals surface area (Å²) in [7, 11) is 0. The Morgan fingerprint density at radius 3 is 2.45 bits per heavy atom. The van der Waals surface area contributed by atoms with Crippen LogP contribution in [0.25, 0.3) is 17.2 Å². The molecule has 4 heteroatoms. The maximum atomic E-state index is 11.9. The van der Waals surface area contributed by atoms with E-state index in [1.54, 1.807) is 18.2 Å². The zero-order valence-corrected chi connectivity index (χ0v) is 12.4. The Morgan fingerprint density at radius 2 is 1.86 bits per heavy atom. The summed E-state index contributed by atoms with van der Waals surface area (Å²) < 4.78 is 5.03. The first-order valence-electron chi connectivity index (χ1n) is 7.03.